The van der Waals surface area contributed by atoms with Crippen LogP contribution in [0.25, 0.3) is 0 Å². The molecular weight excluding hydrogens is 210 g/mol. The van der Waals surface area contributed by atoms with Crippen LogP contribution in [-0.4, -0.2) is 32.3 Å². The summed E-state index contributed by atoms with van der Waals surface area (Å²) in [6.45, 7) is 0. The number of carbonyl (C=O) groups is 1. The summed E-state index contributed by atoms with van der Waals surface area (Å²) in [5.41, 5.74) is 0.494. The van der Waals surface area contributed by atoms with Crippen molar-refractivity contribution >= 4 is 5.97 Å². The van der Waals surface area contributed by atoms with Crippen molar-refractivity contribution in [1.29, 1.82) is 0 Å². The summed E-state index contributed by atoms with van der Waals surface area (Å²) in [6, 6.07) is 3.28. The highest BCUT2D eigenvalue weighted by Crippen LogP contribution is 2.18. The second-order valence-electron chi connectivity index (χ2n) is 2.65. The third-order valence-corrected chi connectivity index (χ3v) is 1.72. The first-order valence-corrected chi connectivity index (χ1v) is 4.40. The van der Waals surface area contributed by atoms with Gasteiger partial charge in [0, 0.05) is 12.0 Å². The van der Waals surface area contributed by atoms with Crippen molar-refractivity contribution in [2.24, 2.45) is 0 Å². The predicted molar refractivity (Wildman–Crippen MR) is 56.2 cm³/mol. The summed E-state index contributed by atoms with van der Waals surface area (Å²) in [5, 5.41) is 0. The quantitative estimate of drug-likeness (QED) is 0.541. The Labute approximate surface area is 93.3 Å². The van der Waals surface area contributed by atoms with Crippen molar-refractivity contribution in [1.82, 2.24) is 4.98 Å². The van der Waals surface area contributed by atoms with Crippen molar-refractivity contribution in [3.8, 4) is 23.6 Å². The molecule has 0 aliphatic rings. The lowest BCUT2D eigenvalue weighted by Gasteiger charge is -2.03. The number of nitrogens with zero attached hydrogens (tertiary/aromatic N) is 1. The molecule has 0 saturated carbocycles. The molecule has 0 aliphatic carbocycles. The SMILES string of the molecule is COC(=O)C#Cc1ccc(OC)nc1OC. The molecule has 0 fully saturated rings. The van der Waals surface area contributed by atoms with Gasteiger partial charge in [-0.1, -0.05) is 0 Å². The highest BCUT2D eigenvalue weighted by molar-refractivity contribution is 5.89. The summed E-state index contributed by atoms with van der Waals surface area (Å²) in [7, 11) is 4.23. The number of methoxy groups -OCH3 is 3. The molecule has 0 amide bonds. The molecule has 0 aromatic carbocycles. The average molecular weight is 221 g/mol. The molecule has 5 nitrogen and oxygen atoms in total. The summed E-state index contributed by atoms with van der Waals surface area (Å²) in [5.74, 6) is 4.99. The van der Waals surface area contributed by atoms with E-state index in [4.69, 9.17) is 9.47 Å². The van der Waals surface area contributed by atoms with Gasteiger partial charge in [0.1, 0.15) is 0 Å². The highest BCUT2D eigenvalue weighted by Gasteiger charge is 2.04. The van der Waals surface area contributed by atoms with Gasteiger partial charge in [0.2, 0.25) is 11.8 Å². The van der Waals surface area contributed by atoms with Crippen LogP contribution in [-0.2, 0) is 9.53 Å². The molecule has 1 aromatic heterocycles. The van der Waals surface area contributed by atoms with E-state index in [9.17, 15) is 4.79 Å². The average Bonchev–Trinajstić information content (AvgIpc) is 2.35. The van der Waals surface area contributed by atoms with Gasteiger partial charge in [-0.15, -0.1) is 0 Å². The Kier molecular flexibility index (Phi) is 4.16. The molecular formula is C11H11NO4. The van der Waals surface area contributed by atoms with Crippen molar-refractivity contribution in [3.63, 3.8) is 0 Å². The summed E-state index contributed by atoms with van der Waals surface area (Å²) < 4.78 is 14.3. The second kappa shape index (κ2) is 5.61. The molecule has 0 aliphatic heterocycles. The minimum atomic E-state index is -0.613. The van der Waals surface area contributed by atoms with Crippen LogP contribution in [0, 0.1) is 11.8 Å². The number of ether oxygens (including phenoxy) is 3. The van der Waals surface area contributed by atoms with Gasteiger partial charge in [0.25, 0.3) is 0 Å². The van der Waals surface area contributed by atoms with Gasteiger partial charge < -0.3 is 14.2 Å². The van der Waals surface area contributed by atoms with Crippen LogP contribution in [0.1, 0.15) is 5.56 Å². The topological polar surface area (TPSA) is 57.7 Å². The number of rotatable bonds is 2. The molecule has 1 rings (SSSR count). The maximum atomic E-state index is 10.8. The van der Waals surface area contributed by atoms with Crippen LogP contribution >= 0.6 is 0 Å². The van der Waals surface area contributed by atoms with E-state index in [0.29, 0.717) is 17.3 Å². The zero-order valence-electron chi connectivity index (χ0n) is 9.23. The fourth-order valence-corrected chi connectivity index (χ4v) is 0.957. The van der Waals surface area contributed by atoms with E-state index in [1.54, 1.807) is 12.1 Å². The van der Waals surface area contributed by atoms with Gasteiger partial charge >= 0.3 is 5.97 Å². The number of carbonyl (C=O) groups excluding carboxylic acids is 1. The standard InChI is InChI=1S/C11H11NO4/c1-14-9-6-4-8(11(12-9)16-3)5-7-10(13)15-2/h4,6H,1-3H3. The minimum Gasteiger partial charge on any atom is -0.481 e. The number of aromatic nitrogens is 1. The molecule has 0 N–H and O–H groups in total. The molecule has 0 saturated heterocycles. The monoisotopic (exact) mass is 221 g/mol. The Hall–Kier alpha value is -2.22. The molecule has 1 heterocycles. The maximum Gasteiger partial charge on any atom is 0.384 e. The Morgan fingerprint density at radius 2 is 2.00 bits per heavy atom. The Balaban J connectivity index is 3.03. The van der Waals surface area contributed by atoms with Crippen LogP contribution in [0.2, 0.25) is 0 Å². The van der Waals surface area contributed by atoms with E-state index in [1.807, 2.05) is 0 Å². The molecule has 0 unspecified atom stereocenters. The van der Waals surface area contributed by atoms with E-state index in [0.717, 1.165) is 0 Å². The number of pyridine rings is 1. The first-order chi connectivity index (χ1) is 7.71. The van der Waals surface area contributed by atoms with Gasteiger partial charge in [-0.2, -0.15) is 4.98 Å². The number of hydrogen-bond donors (Lipinski definition) is 0. The zero-order chi connectivity index (χ0) is 12.0. The third-order valence-electron chi connectivity index (χ3n) is 1.72. The third kappa shape index (κ3) is 2.89. The van der Waals surface area contributed by atoms with Gasteiger partial charge in [-0.05, 0) is 12.0 Å². The van der Waals surface area contributed by atoms with Crippen LogP contribution in [0.15, 0.2) is 12.1 Å². The first kappa shape index (κ1) is 11.9. The molecule has 1 aromatic rings. The van der Waals surface area contributed by atoms with Gasteiger partial charge in [-0.25, -0.2) is 4.79 Å². The fraction of sp³-hybridized carbons (Fsp3) is 0.273. The molecule has 0 radical (unpaired) electrons. The molecule has 5 heteroatoms. The van der Waals surface area contributed by atoms with Crippen LogP contribution < -0.4 is 9.47 Å². The Bertz CT molecular complexity index is 445. The molecule has 84 valence electrons. The summed E-state index contributed by atoms with van der Waals surface area (Å²) in [4.78, 5) is 14.8. The van der Waals surface area contributed by atoms with Crippen molar-refractivity contribution < 1.29 is 19.0 Å². The van der Waals surface area contributed by atoms with Gasteiger partial charge in [0.15, 0.2) is 0 Å². The summed E-state index contributed by atoms with van der Waals surface area (Å²) in [6.07, 6.45) is 0. The fourth-order valence-electron chi connectivity index (χ4n) is 0.957. The van der Waals surface area contributed by atoms with E-state index in [2.05, 4.69) is 21.6 Å². The van der Waals surface area contributed by atoms with Crippen molar-refractivity contribution in [3.05, 3.63) is 17.7 Å². The number of hydrogen-bond acceptors (Lipinski definition) is 5. The van der Waals surface area contributed by atoms with Crippen LogP contribution in [0.4, 0.5) is 0 Å². The van der Waals surface area contributed by atoms with Crippen molar-refractivity contribution in [2.75, 3.05) is 21.3 Å². The maximum absolute atomic E-state index is 10.8. The number of esters is 1. The molecule has 0 bridgehead atoms. The second-order valence-corrected chi connectivity index (χ2v) is 2.65. The van der Waals surface area contributed by atoms with Crippen LogP contribution in [0.3, 0.4) is 0 Å². The lowest BCUT2D eigenvalue weighted by molar-refractivity contribution is -0.133. The lowest BCUT2D eigenvalue weighted by atomic mass is 10.2. The zero-order valence-corrected chi connectivity index (χ0v) is 9.23. The van der Waals surface area contributed by atoms with Crippen LogP contribution in [0.5, 0.6) is 11.8 Å². The highest BCUT2D eigenvalue weighted by atomic mass is 16.5. The predicted octanol–water partition coefficient (Wildman–Crippen LogP) is 0.623. The van der Waals surface area contributed by atoms with E-state index in [-0.39, 0.29) is 0 Å². The molecule has 16 heavy (non-hydrogen) atoms. The first-order valence-electron chi connectivity index (χ1n) is 4.40. The normalized spacial score (nSPS) is 8.69. The van der Waals surface area contributed by atoms with Gasteiger partial charge in [-0.3, -0.25) is 0 Å². The van der Waals surface area contributed by atoms with E-state index in [1.165, 1.54) is 21.3 Å². The lowest BCUT2D eigenvalue weighted by Crippen LogP contribution is -1.97. The van der Waals surface area contributed by atoms with Crippen molar-refractivity contribution in [2.45, 2.75) is 0 Å². The minimum absolute atomic E-state index is 0.302. The van der Waals surface area contributed by atoms with Gasteiger partial charge in [0.05, 0.1) is 26.9 Å². The molecule has 0 spiro atoms. The summed E-state index contributed by atoms with van der Waals surface area (Å²) >= 11 is 0. The van der Waals surface area contributed by atoms with E-state index >= 15 is 0 Å². The Morgan fingerprint density at radius 3 is 2.56 bits per heavy atom. The Morgan fingerprint density at radius 1 is 1.25 bits per heavy atom. The largest absolute Gasteiger partial charge is 0.481 e. The smallest absolute Gasteiger partial charge is 0.384 e. The van der Waals surface area contributed by atoms with E-state index < -0.39 is 5.97 Å². The molecule has 0 atom stereocenters.